The highest BCUT2D eigenvalue weighted by atomic mass is 127. The Hall–Kier alpha value is -1.80. The molecule has 0 saturated carbocycles. The van der Waals surface area contributed by atoms with Gasteiger partial charge in [-0.25, -0.2) is 0 Å². The summed E-state index contributed by atoms with van der Waals surface area (Å²) < 4.78 is 115. The maximum atomic E-state index is 13.6. The van der Waals surface area contributed by atoms with Gasteiger partial charge in [0.25, 0.3) is 11.8 Å². The Morgan fingerprint density at radius 3 is 1.68 bits per heavy atom. The van der Waals surface area contributed by atoms with E-state index in [4.69, 9.17) is 0 Å². The normalized spacial score (nSPS) is 16.6. The fraction of sp³-hybridized carbons (Fsp3) is 0.333. The van der Waals surface area contributed by atoms with Gasteiger partial charge in [-0.15, -0.1) is 0 Å². The zero-order valence-electron chi connectivity index (χ0n) is 13.1. The first-order valence-electron chi connectivity index (χ1n) is 7.07. The summed E-state index contributed by atoms with van der Waals surface area (Å²) in [5.41, 5.74) is -0.199. The molecule has 154 valence electrons. The highest BCUT2D eigenvalue weighted by Crippen LogP contribution is 2.53. The van der Waals surface area contributed by atoms with Gasteiger partial charge in [0.05, 0.1) is 17.7 Å². The van der Waals surface area contributed by atoms with Crippen molar-refractivity contribution in [2.24, 2.45) is 0 Å². The molecule has 1 aliphatic rings. The molecular formula is C15H7F9INO2. The van der Waals surface area contributed by atoms with Gasteiger partial charge in [0, 0.05) is 9.66 Å². The number of fused-ring (bicyclic) bond motifs is 1. The molecule has 0 aromatic heterocycles. The van der Waals surface area contributed by atoms with E-state index >= 15 is 0 Å². The summed E-state index contributed by atoms with van der Waals surface area (Å²) in [5.74, 6) is -21.7. The predicted molar refractivity (Wildman–Crippen MR) is 84.8 cm³/mol. The van der Waals surface area contributed by atoms with E-state index in [9.17, 15) is 49.1 Å². The number of benzene rings is 1. The van der Waals surface area contributed by atoms with E-state index < -0.39 is 52.0 Å². The first kappa shape index (κ1) is 22.5. The number of nitrogens with zero attached hydrogens (tertiary/aromatic N) is 1. The van der Waals surface area contributed by atoms with Crippen molar-refractivity contribution in [3.8, 4) is 0 Å². The number of hydrogen-bond acceptors (Lipinski definition) is 2. The molecule has 2 amide bonds. The van der Waals surface area contributed by atoms with E-state index in [1.807, 2.05) is 0 Å². The monoisotopic (exact) mass is 531 g/mol. The summed E-state index contributed by atoms with van der Waals surface area (Å²) in [7, 11) is 0. The van der Waals surface area contributed by atoms with E-state index in [-0.39, 0.29) is 11.1 Å². The lowest BCUT2D eigenvalue weighted by Crippen LogP contribution is -2.60. The Bertz CT molecular complexity index is 813. The van der Waals surface area contributed by atoms with Gasteiger partial charge in [-0.1, -0.05) is 12.1 Å². The number of carbonyl (C=O) groups excluding carboxylic acids is 2. The Labute approximate surface area is 164 Å². The van der Waals surface area contributed by atoms with Crippen LogP contribution in [-0.2, 0) is 0 Å². The van der Waals surface area contributed by atoms with Crippen molar-refractivity contribution >= 4 is 34.4 Å². The van der Waals surface area contributed by atoms with Crippen LogP contribution in [0.15, 0.2) is 33.9 Å². The van der Waals surface area contributed by atoms with Crippen LogP contribution in [0.1, 0.15) is 20.7 Å². The third-order valence-electron chi connectivity index (χ3n) is 3.69. The minimum atomic E-state index is -7.02. The van der Waals surface area contributed by atoms with Gasteiger partial charge < -0.3 is 0 Å². The molecule has 0 fully saturated rings. The molecule has 3 nitrogen and oxygen atoms in total. The quantitative estimate of drug-likeness (QED) is 0.303. The van der Waals surface area contributed by atoms with Crippen molar-refractivity contribution in [3.05, 3.63) is 45.0 Å². The average molecular weight is 531 g/mol. The summed E-state index contributed by atoms with van der Waals surface area (Å²) >= 11 is 0.940. The molecule has 0 atom stereocenters. The standard InChI is InChI=1S/C15H7F9INO2/c16-12(17,13(18,19)14(20,21)15(22,23)24)5-7(25)6-26-10(27)8-3-1-2-4-9(8)11(26)28/h1-5H,6H2/b7-5+. The van der Waals surface area contributed by atoms with Crippen LogP contribution in [0.4, 0.5) is 39.5 Å². The molecule has 13 heteroatoms. The number of rotatable bonds is 5. The molecule has 1 aromatic carbocycles. The van der Waals surface area contributed by atoms with Gasteiger partial charge in [0.2, 0.25) is 0 Å². The summed E-state index contributed by atoms with van der Waals surface area (Å²) in [6.07, 6.45) is -7.75. The highest BCUT2D eigenvalue weighted by molar-refractivity contribution is 14.1. The summed E-state index contributed by atoms with van der Waals surface area (Å²) in [5, 5.41) is 0. The lowest BCUT2D eigenvalue weighted by atomic mass is 10.0. The lowest BCUT2D eigenvalue weighted by Gasteiger charge is -2.32. The lowest BCUT2D eigenvalue weighted by molar-refractivity contribution is -0.388. The second-order valence-corrected chi connectivity index (χ2v) is 6.99. The maximum Gasteiger partial charge on any atom is 0.460 e. The fourth-order valence-electron chi connectivity index (χ4n) is 2.25. The Morgan fingerprint density at radius 2 is 1.29 bits per heavy atom. The minimum absolute atomic E-state index is 0.0996. The SMILES string of the molecule is O=C1c2ccccc2C(=O)N1C/C(I)=C\C(F)(F)C(F)(F)C(F)(F)C(F)(F)F. The van der Waals surface area contributed by atoms with Crippen molar-refractivity contribution in [1.82, 2.24) is 4.90 Å². The molecule has 28 heavy (non-hydrogen) atoms. The summed E-state index contributed by atoms with van der Waals surface area (Å²) in [6.45, 7) is -1.02. The maximum absolute atomic E-state index is 13.6. The van der Waals surface area contributed by atoms with Gasteiger partial charge in [0.1, 0.15) is 0 Å². The van der Waals surface area contributed by atoms with Crippen molar-refractivity contribution < 1.29 is 49.1 Å². The van der Waals surface area contributed by atoms with Gasteiger partial charge in [-0.3, -0.25) is 14.5 Å². The van der Waals surface area contributed by atoms with Crippen molar-refractivity contribution in [3.63, 3.8) is 0 Å². The number of hydrogen-bond donors (Lipinski definition) is 0. The van der Waals surface area contributed by atoms with E-state index in [2.05, 4.69) is 0 Å². The number of halogens is 10. The Kier molecular flexibility index (Phi) is 5.55. The molecule has 0 N–H and O–H groups in total. The van der Waals surface area contributed by atoms with Crippen LogP contribution in [0.25, 0.3) is 0 Å². The molecule has 0 radical (unpaired) electrons. The molecule has 0 aliphatic carbocycles. The molecule has 1 aromatic rings. The van der Waals surface area contributed by atoms with E-state index in [0.717, 1.165) is 22.6 Å². The van der Waals surface area contributed by atoms with Crippen LogP contribution < -0.4 is 0 Å². The molecule has 1 heterocycles. The second-order valence-electron chi connectivity index (χ2n) is 5.60. The molecule has 2 rings (SSSR count). The van der Waals surface area contributed by atoms with Crippen LogP contribution in [0.5, 0.6) is 0 Å². The first-order chi connectivity index (χ1) is 12.5. The van der Waals surface area contributed by atoms with Crippen LogP contribution >= 0.6 is 22.6 Å². The first-order valence-corrected chi connectivity index (χ1v) is 8.15. The summed E-state index contributed by atoms with van der Waals surface area (Å²) in [6, 6.07) is 5.25. The van der Waals surface area contributed by atoms with E-state index in [1.165, 1.54) is 24.3 Å². The smallest absolute Gasteiger partial charge is 0.269 e. The molecule has 1 aliphatic heterocycles. The topological polar surface area (TPSA) is 37.4 Å². The van der Waals surface area contributed by atoms with Crippen LogP contribution in [0, 0.1) is 0 Å². The highest BCUT2D eigenvalue weighted by Gasteiger charge is 2.81. The van der Waals surface area contributed by atoms with Crippen LogP contribution in [-0.4, -0.2) is 47.2 Å². The number of imide groups is 1. The summed E-state index contributed by atoms with van der Waals surface area (Å²) in [4.78, 5) is 24.5. The predicted octanol–water partition coefficient (Wildman–Crippen LogP) is 5.07. The third-order valence-corrected chi connectivity index (χ3v) is 4.35. The van der Waals surface area contributed by atoms with Crippen LogP contribution in [0.2, 0.25) is 0 Å². The fourth-order valence-corrected chi connectivity index (χ4v) is 2.99. The number of alkyl halides is 9. The van der Waals surface area contributed by atoms with Crippen molar-refractivity contribution in [2.45, 2.75) is 23.9 Å². The van der Waals surface area contributed by atoms with Gasteiger partial charge in [-0.05, 0) is 34.7 Å². The molecule has 0 spiro atoms. The average Bonchev–Trinajstić information content (AvgIpc) is 2.78. The number of amides is 2. The van der Waals surface area contributed by atoms with Crippen molar-refractivity contribution in [1.29, 1.82) is 0 Å². The molecular weight excluding hydrogens is 524 g/mol. The third kappa shape index (κ3) is 3.48. The van der Waals surface area contributed by atoms with Gasteiger partial charge in [-0.2, -0.15) is 39.5 Å². The van der Waals surface area contributed by atoms with Gasteiger partial charge in [0.15, 0.2) is 0 Å². The van der Waals surface area contributed by atoms with E-state index in [1.54, 1.807) is 0 Å². The second kappa shape index (κ2) is 6.91. The molecule has 0 bridgehead atoms. The van der Waals surface area contributed by atoms with Crippen molar-refractivity contribution in [2.75, 3.05) is 6.54 Å². The number of allylic oxidation sites excluding steroid dienone is 1. The number of carbonyl (C=O) groups is 2. The molecule has 0 saturated heterocycles. The zero-order valence-corrected chi connectivity index (χ0v) is 15.3. The zero-order chi connectivity index (χ0) is 21.7. The Balaban J connectivity index is 2.30. The van der Waals surface area contributed by atoms with E-state index in [0.29, 0.717) is 4.90 Å². The van der Waals surface area contributed by atoms with Gasteiger partial charge >= 0.3 is 23.9 Å². The minimum Gasteiger partial charge on any atom is -0.269 e. The molecule has 0 unspecified atom stereocenters. The van der Waals surface area contributed by atoms with Crippen LogP contribution in [0.3, 0.4) is 0 Å². The Morgan fingerprint density at radius 1 is 0.857 bits per heavy atom. The largest absolute Gasteiger partial charge is 0.460 e.